The van der Waals surface area contributed by atoms with Crippen molar-refractivity contribution in [3.8, 4) is 11.5 Å². The quantitative estimate of drug-likeness (QED) is 0.274. The van der Waals surface area contributed by atoms with Crippen molar-refractivity contribution < 1.29 is 27.8 Å². The lowest BCUT2D eigenvalue weighted by Gasteiger charge is -2.36. The third-order valence-electron chi connectivity index (χ3n) is 8.47. The van der Waals surface area contributed by atoms with Gasteiger partial charge in [0.2, 0.25) is 5.95 Å². The summed E-state index contributed by atoms with van der Waals surface area (Å²) in [5, 5.41) is 16.4. The molecule has 0 spiro atoms. The number of aromatic nitrogens is 7. The van der Waals surface area contributed by atoms with Crippen LogP contribution in [-0.2, 0) is 11.3 Å². The fourth-order valence-electron chi connectivity index (χ4n) is 5.79. The Bertz CT molecular complexity index is 1910. The summed E-state index contributed by atoms with van der Waals surface area (Å²) in [5.74, 6) is -0.133. The zero-order valence-corrected chi connectivity index (χ0v) is 24.9. The van der Waals surface area contributed by atoms with Crippen molar-refractivity contribution in [2.45, 2.75) is 44.3 Å². The number of halogens is 2. The van der Waals surface area contributed by atoms with E-state index in [4.69, 9.17) is 24.3 Å². The molecule has 2 fully saturated rings. The van der Waals surface area contributed by atoms with Crippen LogP contribution in [0.2, 0.25) is 0 Å². The summed E-state index contributed by atoms with van der Waals surface area (Å²) in [6, 6.07) is 7.45. The molecule has 3 aromatic heterocycles. The van der Waals surface area contributed by atoms with Crippen molar-refractivity contribution in [3.05, 3.63) is 65.2 Å². The molecule has 0 bridgehead atoms. The number of ether oxygens (including phenoxy) is 3. The second-order valence-corrected chi connectivity index (χ2v) is 11.3. The molecule has 0 saturated carbocycles. The van der Waals surface area contributed by atoms with Crippen molar-refractivity contribution in [3.63, 3.8) is 0 Å². The molecule has 45 heavy (non-hydrogen) atoms. The number of rotatable bonds is 8. The molecule has 0 unspecified atom stereocenters. The van der Waals surface area contributed by atoms with E-state index in [2.05, 4.69) is 20.6 Å². The molecule has 2 aromatic carbocycles. The van der Waals surface area contributed by atoms with E-state index in [1.807, 2.05) is 13.0 Å². The first kappa shape index (κ1) is 28.8. The van der Waals surface area contributed by atoms with Crippen LogP contribution in [0.15, 0.2) is 36.5 Å². The summed E-state index contributed by atoms with van der Waals surface area (Å²) in [6.45, 7) is 3.68. The molecule has 7 rings (SSSR count). The maximum absolute atomic E-state index is 15.0. The summed E-state index contributed by atoms with van der Waals surface area (Å²) in [4.78, 5) is 24.5. The number of nitrogens with one attached hydrogen (secondary N) is 1. The van der Waals surface area contributed by atoms with E-state index in [-0.39, 0.29) is 58.6 Å². The Kier molecular flexibility index (Phi) is 7.39. The van der Waals surface area contributed by atoms with Crippen LogP contribution in [-0.4, -0.2) is 85.4 Å². The van der Waals surface area contributed by atoms with E-state index in [0.29, 0.717) is 49.9 Å². The first-order valence-electron chi connectivity index (χ1n) is 14.6. The Morgan fingerprint density at radius 3 is 2.71 bits per heavy atom. The van der Waals surface area contributed by atoms with Crippen molar-refractivity contribution >= 4 is 28.4 Å². The van der Waals surface area contributed by atoms with Gasteiger partial charge in [-0.1, -0.05) is 5.21 Å². The third-order valence-corrected chi connectivity index (χ3v) is 8.47. The summed E-state index contributed by atoms with van der Waals surface area (Å²) < 4.78 is 48.6. The fourth-order valence-corrected chi connectivity index (χ4v) is 5.79. The number of hydrogen-bond donors (Lipinski definition) is 1. The van der Waals surface area contributed by atoms with E-state index in [1.54, 1.807) is 42.1 Å². The number of nitrogens with zero attached hydrogens (tertiary/aromatic N) is 8. The Balaban J connectivity index is 1.22. The van der Waals surface area contributed by atoms with Crippen LogP contribution in [0.4, 0.5) is 14.7 Å². The van der Waals surface area contributed by atoms with Crippen LogP contribution >= 0.6 is 0 Å². The minimum atomic E-state index is -0.813. The zero-order valence-electron chi connectivity index (χ0n) is 24.9. The van der Waals surface area contributed by atoms with Gasteiger partial charge in [-0.2, -0.15) is 4.52 Å². The van der Waals surface area contributed by atoms with E-state index >= 15 is 4.39 Å². The second-order valence-electron chi connectivity index (χ2n) is 11.3. The summed E-state index contributed by atoms with van der Waals surface area (Å²) in [7, 11) is 3.13. The van der Waals surface area contributed by atoms with Gasteiger partial charge < -0.3 is 24.4 Å². The average molecular weight is 620 g/mol. The van der Waals surface area contributed by atoms with Crippen molar-refractivity contribution in [2.24, 2.45) is 0 Å². The summed E-state index contributed by atoms with van der Waals surface area (Å²) in [5.41, 5.74) is 1.27. The highest BCUT2D eigenvalue weighted by Gasteiger charge is 2.34. The Hall–Kier alpha value is -4.92. The molecule has 2 saturated heterocycles. The maximum atomic E-state index is 15.0. The molecule has 5 heterocycles. The molecular formula is C30H31F2N9O4. The second kappa shape index (κ2) is 11.5. The number of fused-ring (bicyclic) bond motifs is 3. The van der Waals surface area contributed by atoms with Crippen molar-refractivity contribution in [1.82, 2.24) is 39.5 Å². The highest BCUT2D eigenvalue weighted by atomic mass is 19.1. The molecule has 13 nitrogen and oxygen atoms in total. The molecular weight excluding hydrogens is 588 g/mol. The molecule has 15 heteroatoms. The largest absolute Gasteiger partial charge is 0.497 e. The molecule has 2 aliphatic heterocycles. The van der Waals surface area contributed by atoms with Gasteiger partial charge in [0.1, 0.15) is 28.9 Å². The number of amides is 1. The van der Waals surface area contributed by atoms with Gasteiger partial charge in [0, 0.05) is 42.7 Å². The first-order chi connectivity index (χ1) is 21.8. The monoisotopic (exact) mass is 619 g/mol. The fraction of sp³-hybridized carbons (Fsp3) is 0.400. The van der Waals surface area contributed by atoms with Gasteiger partial charge in [0.05, 0.1) is 39.0 Å². The first-order valence-corrected chi connectivity index (χ1v) is 14.6. The number of carbonyl (C=O) groups is 1. The predicted octanol–water partition coefficient (Wildman–Crippen LogP) is 3.76. The normalized spacial score (nSPS) is 18.7. The van der Waals surface area contributed by atoms with Crippen LogP contribution in [0, 0.1) is 11.6 Å². The van der Waals surface area contributed by atoms with E-state index in [1.165, 1.54) is 10.6 Å². The van der Waals surface area contributed by atoms with Crippen molar-refractivity contribution in [1.29, 1.82) is 0 Å². The van der Waals surface area contributed by atoms with Gasteiger partial charge in [-0.25, -0.2) is 23.4 Å². The van der Waals surface area contributed by atoms with E-state index in [9.17, 15) is 9.18 Å². The highest BCUT2D eigenvalue weighted by Crippen LogP contribution is 2.32. The lowest BCUT2D eigenvalue weighted by atomic mass is 9.92. The smallest absolute Gasteiger partial charge is 0.276 e. The number of benzene rings is 2. The number of anilines is 1. The molecule has 2 atom stereocenters. The van der Waals surface area contributed by atoms with Gasteiger partial charge in [-0.05, 0) is 38.0 Å². The number of likely N-dealkylation sites (tertiary alicyclic amines) is 1. The lowest BCUT2D eigenvalue weighted by molar-refractivity contribution is -0.0294. The molecule has 1 N–H and O–H groups in total. The van der Waals surface area contributed by atoms with Gasteiger partial charge in [-0.15, -0.1) is 10.2 Å². The Labute approximate surface area is 256 Å². The number of methoxy groups -OCH3 is 2. The van der Waals surface area contributed by atoms with Crippen LogP contribution in [0.25, 0.3) is 16.6 Å². The minimum Gasteiger partial charge on any atom is -0.497 e. The standard InChI is InChI=1S/C30H31F2N9O4/c1-16-4-5-18(12-39(16)29(42)24-13-40(38-36-24)20-14-45-15-20)27-35-28-22-8-19(31)9-23(32)26(22)34-30(41(28)37-27)33-11-17-6-7-21(43-2)10-25(17)44-3/h6-10,13,16,18,20H,4-5,11-12,14-15H2,1-3H3,(H,33,34)/t16-,18+/m0/s1. The number of piperidine rings is 1. The zero-order chi connectivity index (χ0) is 31.2. The molecule has 5 aromatic rings. The Morgan fingerprint density at radius 2 is 1.96 bits per heavy atom. The lowest BCUT2D eigenvalue weighted by Crippen LogP contribution is -2.45. The minimum absolute atomic E-state index is 0.0367. The summed E-state index contributed by atoms with van der Waals surface area (Å²) in [6.07, 6.45) is 3.08. The molecule has 2 aliphatic rings. The van der Waals surface area contributed by atoms with Gasteiger partial charge in [-0.3, -0.25) is 4.79 Å². The van der Waals surface area contributed by atoms with Gasteiger partial charge >= 0.3 is 0 Å². The summed E-state index contributed by atoms with van der Waals surface area (Å²) >= 11 is 0. The van der Waals surface area contributed by atoms with E-state index in [0.717, 1.165) is 11.6 Å². The SMILES string of the molecule is COc1ccc(CNc2nc3c(F)cc(F)cc3c3nc([C@@H]4CC[C@H](C)N(C(=O)c5cn(C6COC6)nn5)C4)nn23)c(OC)c1. The predicted molar refractivity (Wildman–Crippen MR) is 157 cm³/mol. The molecule has 0 aliphatic carbocycles. The number of carbonyl (C=O) groups excluding carboxylic acids is 1. The number of hydrogen-bond acceptors (Lipinski definition) is 10. The van der Waals surface area contributed by atoms with Gasteiger partial charge in [0.25, 0.3) is 5.91 Å². The average Bonchev–Trinajstić information content (AvgIpc) is 3.68. The van der Waals surface area contributed by atoms with Gasteiger partial charge in [0.15, 0.2) is 23.0 Å². The van der Waals surface area contributed by atoms with Crippen LogP contribution in [0.3, 0.4) is 0 Å². The Morgan fingerprint density at radius 1 is 1.11 bits per heavy atom. The molecule has 234 valence electrons. The maximum Gasteiger partial charge on any atom is 0.276 e. The third kappa shape index (κ3) is 5.26. The topological polar surface area (TPSA) is 134 Å². The van der Waals surface area contributed by atoms with Crippen LogP contribution in [0.5, 0.6) is 11.5 Å². The van der Waals surface area contributed by atoms with Crippen LogP contribution in [0.1, 0.15) is 53.6 Å². The van der Waals surface area contributed by atoms with Crippen LogP contribution < -0.4 is 14.8 Å². The highest BCUT2D eigenvalue weighted by molar-refractivity contribution is 5.93. The van der Waals surface area contributed by atoms with Crippen molar-refractivity contribution in [2.75, 3.05) is 39.3 Å². The van der Waals surface area contributed by atoms with E-state index < -0.39 is 11.6 Å². The molecule has 0 radical (unpaired) electrons. The molecule has 1 amide bonds.